The fourth-order valence-corrected chi connectivity index (χ4v) is 2.37. The standard InChI is InChI=1S/C20H19N3O3/c1-25-20-17(8-5-10-22-20)19(24)23-13-16-9-11-21-18(12-16)26-14-15-6-3-2-4-7-15/h2-12H,13-14H2,1H3,(H,23,24). The topological polar surface area (TPSA) is 73.3 Å². The van der Waals surface area contributed by atoms with Gasteiger partial charge in [0.25, 0.3) is 5.91 Å². The highest BCUT2D eigenvalue weighted by molar-refractivity contribution is 5.96. The normalized spacial score (nSPS) is 10.2. The van der Waals surface area contributed by atoms with Gasteiger partial charge in [-0.15, -0.1) is 0 Å². The molecule has 132 valence electrons. The molecule has 0 spiro atoms. The fourth-order valence-electron chi connectivity index (χ4n) is 2.37. The zero-order chi connectivity index (χ0) is 18.2. The smallest absolute Gasteiger partial charge is 0.257 e. The number of aromatic nitrogens is 2. The van der Waals surface area contributed by atoms with Gasteiger partial charge in [0.1, 0.15) is 12.2 Å². The Labute approximate surface area is 151 Å². The number of carbonyl (C=O) groups excluding carboxylic acids is 1. The zero-order valence-electron chi connectivity index (χ0n) is 14.4. The van der Waals surface area contributed by atoms with E-state index in [4.69, 9.17) is 9.47 Å². The van der Waals surface area contributed by atoms with Gasteiger partial charge in [0.05, 0.1) is 7.11 Å². The van der Waals surface area contributed by atoms with E-state index in [1.54, 1.807) is 24.5 Å². The summed E-state index contributed by atoms with van der Waals surface area (Å²) >= 11 is 0. The first-order valence-corrected chi connectivity index (χ1v) is 8.15. The fraction of sp³-hybridized carbons (Fsp3) is 0.150. The maximum atomic E-state index is 12.3. The van der Waals surface area contributed by atoms with E-state index >= 15 is 0 Å². The second-order valence-electron chi connectivity index (χ2n) is 5.52. The highest BCUT2D eigenvalue weighted by Crippen LogP contribution is 2.15. The van der Waals surface area contributed by atoms with Crippen molar-refractivity contribution in [2.24, 2.45) is 0 Å². The van der Waals surface area contributed by atoms with Gasteiger partial charge in [-0.05, 0) is 29.3 Å². The van der Waals surface area contributed by atoms with Crippen LogP contribution in [0.5, 0.6) is 11.8 Å². The Hall–Kier alpha value is -3.41. The highest BCUT2D eigenvalue weighted by Gasteiger charge is 2.12. The minimum Gasteiger partial charge on any atom is -0.480 e. The SMILES string of the molecule is COc1ncccc1C(=O)NCc1ccnc(OCc2ccccc2)c1. The Morgan fingerprint density at radius 2 is 1.85 bits per heavy atom. The molecule has 0 saturated carbocycles. The lowest BCUT2D eigenvalue weighted by Crippen LogP contribution is -2.23. The lowest BCUT2D eigenvalue weighted by atomic mass is 10.2. The van der Waals surface area contributed by atoms with Gasteiger partial charge in [-0.1, -0.05) is 30.3 Å². The molecule has 6 heteroatoms. The van der Waals surface area contributed by atoms with Crippen LogP contribution >= 0.6 is 0 Å². The molecular weight excluding hydrogens is 330 g/mol. The molecule has 0 aliphatic carbocycles. The van der Waals surface area contributed by atoms with Crippen molar-refractivity contribution in [2.45, 2.75) is 13.2 Å². The van der Waals surface area contributed by atoms with E-state index in [0.29, 0.717) is 30.5 Å². The van der Waals surface area contributed by atoms with Crippen molar-refractivity contribution in [3.8, 4) is 11.8 Å². The van der Waals surface area contributed by atoms with Gasteiger partial charge < -0.3 is 14.8 Å². The number of benzene rings is 1. The molecule has 0 bridgehead atoms. The summed E-state index contributed by atoms with van der Waals surface area (Å²) in [6, 6.07) is 16.9. The number of methoxy groups -OCH3 is 1. The summed E-state index contributed by atoms with van der Waals surface area (Å²) in [7, 11) is 1.48. The summed E-state index contributed by atoms with van der Waals surface area (Å²) in [5.74, 6) is 0.560. The van der Waals surface area contributed by atoms with Gasteiger partial charge >= 0.3 is 0 Å². The summed E-state index contributed by atoms with van der Waals surface area (Å²) < 4.78 is 10.8. The molecule has 1 amide bonds. The van der Waals surface area contributed by atoms with Gasteiger partial charge in [0, 0.05) is 25.0 Å². The van der Waals surface area contributed by atoms with Crippen LogP contribution in [-0.4, -0.2) is 23.0 Å². The van der Waals surface area contributed by atoms with E-state index in [0.717, 1.165) is 11.1 Å². The number of amides is 1. The molecule has 0 radical (unpaired) electrons. The predicted molar refractivity (Wildman–Crippen MR) is 97.0 cm³/mol. The van der Waals surface area contributed by atoms with Crippen molar-refractivity contribution in [1.82, 2.24) is 15.3 Å². The average Bonchev–Trinajstić information content (AvgIpc) is 2.71. The molecule has 2 heterocycles. The largest absolute Gasteiger partial charge is 0.480 e. The van der Waals surface area contributed by atoms with Crippen LogP contribution in [0.3, 0.4) is 0 Å². The molecule has 6 nitrogen and oxygen atoms in total. The number of hydrogen-bond donors (Lipinski definition) is 1. The molecule has 1 aromatic carbocycles. The maximum Gasteiger partial charge on any atom is 0.257 e. The highest BCUT2D eigenvalue weighted by atomic mass is 16.5. The second-order valence-corrected chi connectivity index (χ2v) is 5.52. The van der Waals surface area contributed by atoms with E-state index in [9.17, 15) is 4.79 Å². The van der Waals surface area contributed by atoms with Crippen molar-refractivity contribution >= 4 is 5.91 Å². The van der Waals surface area contributed by atoms with Crippen LogP contribution in [0.1, 0.15) is 21.5 Å². The first-order valence-electron chi connectivity index (χ1n) is 8.15. The van der Waals surface area contributed by atoms with Crippen LogP contribution < -0.4 is 14.8 Å². The van der Waals surface area contributed by atoms with E-state index in [2.05, 4.69) is 15.3 Å². The first kappa shape index (κ1) is 17.4. The molecular formula is C20H19N3O3. The van der Waals surface area contributed by atoms with Gasteiger partial charge in [0.2, 0.25) is 11.8 Å². The Balaban J connectivity index is 1.59. The number of carbonyl (C=O) groups is 1. The van der Waals surface area contributed by atoms with E-state index < -0.39 is 0 Å². The third-order valence-electron chi connectivity index (χ3n) is 3.69. The predicted octanol–water partition coefficient (Wildman–Crippen LogP) is 2.99. The van der Waals surface area contributed by atoms with Gasteiger partial charge in [-0.2, -0.15) is 0 Å². The molecule has 0 saturated heterocycles. The molecule has 1 N–H and O–H groups in total. The zero-order valence-corrected chi connectivity index (χ0v) is 14.4. The minimum atomic E-state index is -0.251. The number of pyridine rings is 2. The minimum absolute atomic E-state index is 0.251. The Kier molecular flexibility index (Phi) is 5.77. The van der Waals surface area contributed by atoms with Gasteiger partial charge in [0.15, 0.2) is 0 Å². The van der Waals surface area contributed by atoms with Crippen LogP contribution in [0.15, 0.2) is 67.0 Å². The number of nitrogens with zero attached hydrogens (tertiary/aromatic N) is 2. The van der Waals surface area contributed by atoms with E-state index in [-0.39, 0.29) is 5.91 Å². The molecule has 0 aliphatic heterocycles. The Bertz CT molecular complexity index is 869. The summed E-state index contributed by atoms with van der Waals surface area (Å²) in [5.41, 5.74) is 2.35. The number of rotatable bonds is 7. The van der Waals surface area contributed by atoms with Crippen LogP contribution in [0.4, 0.5) is 0 Å². The van der Waals surface area contributed by atoms with E-state index in [1.165, 1.54) is 7.11 Å². The maximum absolute atomic E-state index is 12.3. The molecule has 0 fully saturated rings. The summed E-state index contributed by atoms with van der Waals surface area (Å²) in [5, 5.41) is 2.85. The lowest BCUT2D eigenvalue weighted by molar-refractivity contribution is 0.0947. The van der Waals surface area contributed by atoms with Crippen molar-refractivity contribution in [1.29, 1.82) is 0 Å². The van der Waals surface area contributed by atoms with Gasteiger partial charge in [-0.3, -0.25) is 4.79 Å². The molecule has 0 unspecified atom stereocenters. The second kappa shape index (κ2) is 8.62. The lowest BCUT2D eigenvalue weighted by Gasteiger charge is -2.09. The van der Waals surface area contributed by atoms with Gasteiger partial charge in [-0.25, -0.2) is 9.97 Å². The van der Waals surface area contributed by atoms with Crippen molar-refractivity contribution < 1.29 is 14.3 Å². The van der Waals surface area contributed by atoms with Crippen LogP contribution in [-0.2, 0) is 13.2 Å². The van der Waals surface area contributed by atoms with Crippen LogP contribution in [0.25, 0.3) is 0 Å². The molecule has 0 atom stereocenters. The summed E-state index contributed by atoms with van der Waals surface area (Å²) in [4.78, 5) is 20.5. The quantitative estimate of drug-likeness (QED) is 0.710. The summed E-state index contributed by atoms with van der Waals surface area (Å²) in [6.07, 6.45) is 3.24. The first-order chi connectivity index (χ1) is 12.8. The monoisotopic (exact) mass is 349 g/mol. The van der Waals surface area contributed by atoms with E-state index in [1.807, 2.05) is 42.5 Å². The number of nitrogens with one attached hydrogen (secondary N) is 1. The molecule has 2 aromatic heterocycles. The summed E-state index contributed by atoms with van der Waals surface area (Å²) in [6.45, 7) is 0.789. The molecule has 26 heavy (non-hydrogen) atoms. The van der Waals surface area contributed by atoms with Crippen molar-refractivity contribution in [3.05, 3.63) is 83.7 Å². The average molecular weight is 349 g/mol. The third-order valence-corrected chi connectivity index (χ3v) is 3.69. The van der Waals surface area contributed by atoms with Crippen molar-refractivity contribution in [3.63, 3.8) is 0 Å². The van der Waals surface area contributed by atoms with Crippen molar-refractivity contribution in [2.75, 3.05) is 7.11 Å². The Morgan fingerprint density at radius 1 is 1.00 bits per heavy atom. The Morgan fingerprint density at radius 3 is 2.65 bits per heavy atom. The number of ether oxygens (including phenoxy) is 2. The number of hydrogen-bond acceptors (Lipinski definition) is 5. The van der Waals surface area contributed by atoms with Crippen LogP contribution in [0, 0.1) is 0 Å². The third kappa shape index (κ3) is 4.57. The molecule has 3 aromatic rings. The molecule has 0 aliphatic rings. The molecule has 3 rings (SSSR count). The van der Waals surface area contributed by atoms with Crippen LogP contribution in [0.2, 0.25) is 0 Å².